The van der Waals surface area contributed by atoms with Crippen molar-refractivity contribution in [3.8, 4) is 0 Å². The van der Waals surface area contributed by atoms with Crippen LogP contribution in [0.1, 0.15) is 32.6 Å². The molecule has 2 nitrogen and oxygen atoms in total. The molecule has 0 amide bonds. The maximum atomic E-state index is 5.78. The number of hydrogen-bond acceptors (Lipinski definition) is 2. The molecule has 0 aromatic heterocycles. The summed E-state index contributed by atoms with van der Waals surface area (Å²) in [6, 6.07) is 0. The molecule has 1 saturated carbocycles. The molecule has 2 N–H and O–H groups in total. The third-order valence-electron chi connectivity index (χ3n) is 3.32. The van der Waals surface area contributed by atoms with E-state index in [0.29, 0.717) is 5.41 Å². The van der Waals surface area contributed by atoms with Gasteiger partial charge in [0.25, 0.3) is 0 Å². The van der Waals surface area contributed by atoms with Crippen LogP contribution in [0.15, 0.2) is 0 Å². The fraction of sp³-hybridized carbons (Fsp3) is 1.00. The highest BCUT2D eigenvalue weighted by molar-refractivity contribution is 4.99. The van der Waals surface area contributed by atoms with Crippen molar-refractivity contribution in [3.05, 3.63) is 0 Å². The SMILES string of the molecule is CC12CCCC(CN)(CO1)C2. The molecule has 0 radical (unpaired) electrons. The van der Waals surface area contributed by atoms with E-state index in [2.05, 4.69) is 6.92 Å². The fourth-order valence-electron chi connectivity index (χ4n) is 2.61. The third-order valence-corrected chi connectivity index (χ3v) is 3.32. The lowest BCUT2D eigenvalue weighted by molar-refractivity contribution is 0.0147. The molecule has 2 unspecified atom stereocenters. The van der Waals surface area contributed by atoms with Crippen LogP contribution >= 0.6 is 0 Å². The summed E-state index contributed by atoms with van der Waals surface area (Å²) < 4.78 is 5.78. The van der Waals surface area contributed by atoms with Crippen LogP contribution < -0.4 is 5.73 Å². The third kappa shape index (κ3) is 1.09. The van der Waals surface area contributed by atoms with E-state index >= 15 is 0 Å². The highest BCUT2D eigenvalue weighted by Crippen LogP contribution is 2.48. The van der Waals surface area contributed by atoms with Crippen LogP contribution in [0.5, 0.6) is 0 Å². The lowest BCUT2D eigenvalue weighted by Crippen LogP contribution is -2.36. The van der Waals surface area contributed by atoms with Crippen molar-refractivity contribution in [3.63, 3.8) is 0 Å². The van der Waals surface area contributed by atoms with E-state index in [0.717, 1.165) is 13.2 Å². The summed E-state index contributed by atoms with van der Waals surface area (Å²) in [5.74, 6) is 0. The first-order valence-electron chi connectivity index (χ1n) is 4.52. The zero-order valence-corrected chi connectivity index (χ0v) is 7.23. The standard InChI is InChI=1S/C9H17NO/c1-8-3-2-4-9(5-8,6-10)7-11-8/h2-7,10H2,1H3. The molecular formula is C9H17NO. The second kappa shape index (κ2) is 2.20. The summed E-state index contributed by atoms with van der Waals surface area (Å²) in [6.07, 6.45) is 5.00. The van der Waals surface area contributed by atoms with Gasteiger partial charge in [-0.15, -0.1) is 0 Å². The van der Waals surface area contributed by atoms with Gasteiger partial charge in [-0.3, -0.25) is 0 Å². The lowest BCUT2D eigenvalue weighted by atomic mass is 9.71. The molecule has 1 heterocycles. The lowest BCUT2D eigenvalue weighted by Gasteiger charge is -2.33. The molecule has 1 aliphatic carbocycles. The average molecular weight is 155 g/mol. The van der Waals surface area contributed by atoms with Crippen LogP contribution in [0.25, 0.3) is 0 Å². The van der Waals surface area contributed by atoms with Gasteiger partial charge in [0.1, 0.15) is 0 Å². The van der Waals surface area contributed by atoms with Gasteiger partial charge in [0, 0.05) is 12.0 Å². The number of nitrogens with two attached hydrogens (primary N) is 1. The van der Waals surface area contributed by atoms with E-state index in [-0.39, 0.29) is 5.60 Å². The van der Waals surface area contributed by atoms with Crippen LogP contribution in [0.4, 0.5) is 0 Å². The molecule has 64 valence electrons. The molecule has 0 spiro atoms. The van der Waals surface area contributed by atoms with E-state index in [4.69, 9.17) is 10.5 Å². The molecule has 2 bridgehead atoms. The Morgan fingerprint density at radius 1 is 1.45 bits per heavy atom. The predicted octanol–water partition coefficient (Wildman–Crippen LogP) is 1.29. The molecule has 2 fully saturated rings. The van der Waals surface area contributed by atoms with Gasteiger partial charge in [0.15, 0.2) is 0 Å². The monoisotopic (exact) mass is 155 g/mol. The first-order chi connectivity index (χ1) is 5.18. The number of rotatable bonds is 1. The summed E-state index contributed by atoms with van der Waals surface area (Å²) in [5.41, 5.74) is 6.29. The van der Waals surface area contributed by atoms with E-state index in [1.54, 1.807) is 0 Å². The minimum Gasteiger partial charge on any atom is -0.375 e. The van der Waals surface area contributed by atoms with Gasteiger partial charge in [-0.1, -0.05) is 0 Å². The first kappa shape index (κ1) is 7.56. The van der Waals surface area contributed by atoms with Crippen molar-refractivity contribution in [1.29, 1.82) is 0 Å². The normalized spacial score (nSPS) is 49.6. The molecule has 2 rings (SSSR count). The fourth-order valence-corrected chi connectivity index (χ4v) is 2.61. The van der Waals surface area contributed by atoms with Crippen molar-refractivity contribution in [2.75, 3.05) is 13.2 Å². The molecule has 0 aromatic rings. The minimum absolute atomic E-state index is 0.178. The molecule has 1 saturated heterocycles. The summed E-state index contributed by atoms with van der Waals surface area (Å²) >= 11 is 0. The Bertz CT molecular complexity index is 171. The number of fused-ring (bicyclic) bond motifs is 2. The van der Waals surface area contributed by atoms with E-state index in [1.807, 2.05) is 0 Å². The zero-order chi connectivity index (χ0) is 7.95. The zero-order valence-electron chi connectivity index (χ0n) is 7.23. The van der Waals surface area contributed by atoms with Crippen LogP contribution in [0.3, 0.4) is 0 Å². The molecule has 1 aliphatic heterocycles. The predicted molar refractivity (Wildman–Crippen MR) is 44.3 cm³/mol. The largest absolute Gasteiger partial charge is 0.375 e. The maximum absolute atomic E-state index is 5.78. The molecule has 11 heavy (non-hydrogen) atoms. The van der Waals surface area contributed by atoms with Gasteiger partial charge in [-0.2, -0.15) is 0 Å². The van der Waals surface area contributed by atoms with E-state index in [9.17, 15) is 0 Å². The van der Waals surface area contributed by atoms with Crippen molar-refractivity contribution in [2.45, 2.75) is 38.2 Å². The molecule has 2 atom stereocenters. The van der Waals surface area contributed by atoms with Crippen molar-refractivity contribution in [1.82, 2.24) is 0 Å². The van der Waals surface area contributed by atoms with E-state index in [1.165, 1.54) is 25.7 Å². The topological polar surface area (TPSA) is 35.2 Å². The highest BCUT2D eigenvalue weighted by atomic mass is 16.5. The smallest absolute Gasteiger partial charge is 0.0661 e. The quantitative estimate of drug-likeness (QED) is 0.619. The molecule has 0 aromatic carbocycles. The van der Waals surface area contributed by atoms with Gasteiger partial charge in [-0.25, -0.2) is 0 Å². The first-order valence-corrected chi connectivity index (χ1v) is 4.52. The van der Waals surface area contributed by atoms with Crippen molar-refractivity contribution >= 4 is 0 Å². The van der Waals surface area contributed by atoms with Crippen molar-refractivity contribution in [2.24, 2.45) is 11.1 Å². The summed E-state index contributed by atoms with van der Waals surface area (Å²) in [4.78, 5) is 0. The number of ether oxygens (including phenoxy) is 1. The van der Waals surface area contributed by atoms with Crippen LogP contribution in [0, 0.1) is 5.41 Å². The van der Waals surface area contributed by atoms with Gasteiger partial charge in [-0.05, 0) is 32.6 Å². The van der Waals surface area contributed by atoms with Crippen LogP contribution in [-0.2, 0) is 4.74 Å². The molecular weight excluding hydrogens is 138 g/mol. The van der Waals surface area contributed by atoms with Gasteiger partial charge >= 0.3 is 0 Å². The second-order valence-corrected chi connectivity index (χ2v) is 4.47. The second-order valence-electron chi connectivity index (χ2n) is 4.47. The Hall–Kier alpha value is -0.0800. The Balaban J connectivity index is 2.17. The Morgan fingerprint density at radius 2 is 2.27 bits per heavy atom. The Morgan fingerprint density at radius 3 is 2.91 bits per heavy atom. The van der Waals surface area contributed by atoms with E-state index < -0.39 is 0 Å². The van der Waals surface area contributed by atoms with Crippen LogP contribution in [-0.4, -0.2) is 18.8 Å². The minimum atomic E-state index is 0.178. The molecule has 2 heteroatoms. The van der Waals surface area contributed by atoms with Crippen LogP contribution in [0.2, 0.25) is 0 Å². The maximum Gasteiger partial charge on any atom is 0.0661 e. The average Bonchev–Trinajstić information content (AvgIpc) is 2.24. The summed E-state index contributed by atoms with van der Waals surface area (Å²) in [7, 11) is 0. The Kier molecular flexibility index (Phi) is 1.52. The van der Waals surface area contributed by atoms with Crippen molar-refractivity contribution < 1.29 is 4.74 Å². The van der Waals surface area contributed by atoms with Gasteiger partial charge in [0.05, 0.1) is 12.2 Å². The summed E-state index contributed by atoms with van der Waals surface area (Å²) in [6.45, 7) is 3.94. The summed E-state index contributed by atoms with van der Waals surface area (Å²) in [5, 5.41) is 0. The Labute approximate surface area is 68.1 Å². The van der Waals surface area contributed by atoms with Gasteiger partial charge in [0.2, 0.25) is 0 Å². The highest BCUT2D eigenvalue weighted by Gasteiger charge is 2.48. The number of hydrogen-bond donors (Lipinski definition) is 1. The van der Waals surface area contributed by atoms with Gasteiger partial charge < -0.3 is 10.5 Å². The molecule has 2 aliphatic rings.